The van der Waals surface area contributed by atoms with Gasteiger partial charge in [-0.3, -0.25) is 14.7 Å². The molecule has 0 saturated carbocycles. The number of esters is 1. The Bertz CT molecular complexity index is 976. The molecule has 1 saturated heterocycles. The van der Waals surface area contributed by atoms with Gasteiger partial charge in [-0.25, -0.2) is 9.97 Å². The summed E-state index contributed by atoms with van der Waals surface area (Å²) in [7, 11) is 4.32. The van der Waals surface area contributed by atoms with Crippen molar-refractivity contribution in [2.24, 2.45) is 0 Å². The van der Waals surface area contributed by atoms with E-state index in [2.05, 4.69) is 45.9 Å². The summed E-state index contributed by atoms with van der Waals surface area (Å²) in [6.45, 7) is 10.5. The van der Waals surface area contributed by atoms with Gasteiger partial charge < -0.3 is 14.5 Å². The van der Waals surface area contributed by atoms with Crippen LogP contribution in [0.3, 0.4) is 0 Å². The number of ether oxygens (including phenoxy) is 1. The molecule has 1 aliphatic heterocycles. The molecule has 0 bridgehead atoms. The predicted molar refractivity (Wildman–Crippen MR) is 151 cm³/mol. The number of rotatable bonds is 12. The quantitative estimate of drug-likeness (QED) is 0.167. The van der Waals surface area contributed by atoms with Gasteiger partial charge in [0.15, 0.2) is 5.16 Å². The highest BCUT2D eigenvalue weighted by Gasteiger charge is 2.22. The number of likely N-dealkylation sites (N-methyl/N-ethyl adjacent to an activating group) is 1. The Balaban J connectivity index is 1.64. The molecule has 0 aromatic carbocycles. The van der Waals surface area contributed by atoms with Gasteiger partial charge in [-0.05, 0) is 66.1 Å². The minimum Gasteiger partial charge on any atom is -0.460 e. The fourth-order valence-electron chi connectivity index (χ4n) is 4.54. The van der Waals surface area contributed by atoms with Crippen LogP contribution in [-0.2, 0) is 16.1 Å². The summed E-state index contributed by atoms with van der Waals surface area (Å²) in [6, 6.07) is 8.43. The Kier molecular flexibility index (Phi) is 11.2. The lowest BCUT2D eigenvalue weighted by Gasteiger charge is -2.33. The van der Waals surface area contributed by atoms with Crippen molar-refractivity contribution in [3.8, 4) is 0 Å². The van der Waals surface area contributed by atoms with Crippen molar-refractivity contribution in [2.75, 3.05) is 51.4 Å². The zero-order valence-electron chi connectivity index (χ0n) is 23.4. The maximum Gasteiger partial charge on any atom is 0.306 e. The van der Waals surface area contributed by atoms with Gasteiger partial charge >= 0.3 is 5.97 Å². The zero-order valence-corrected chi connectivity index (χ0v) is 24.3. The Morgan fingerprint density at radius 1 is 1.14 bits per heavy atom. The number of thioether (sulfide) groups is 1. The molecule has 1 unspecified atom stereocenters. The monoisotopic (exact) mass is 528 g/mol. The van der Waals surface area contributed by atoms with E-state index in [0.29, 0.717) is 6.42 Å². The summed E-state index contributed by atoms with van der Waals surface area (Å²) >= 11 is 1.59. The summed E-state index contributed by atoms with van der Waals surface area (Å²) in [5, 5.41) is 0.816. The minimum absolute atomic E-state index is 0.115. The number of piperazine rings is 1. The molecule has 9 heteroatoms. The van der Waals surface area contributed by atoms with Gasteiger partial charge in [0.25, 0.3) is 0 Å². The molecule has 2 aromatic rings. The molecule has 1 atom stereocenters. The van der Waals surface area contributed by atoms with E-state index in [-0.39, 0.29) is 12.0 Å². The molecule has 2 aromatic heterocycles. The van der Waals surface area contributed by atoms with Gasteiger partial charge in [-0.15, -0.1) is 0 Å². The highest BCUT2D eigenvalue weighted by molar-refractivity contribution is 7.98. The number of unbranched alkanes of at least 4 members (excludes halogenated alkanes) is 2. The van der Waals surface area contributed by atoms with Crippen molar-refractivity contribution >= 4 is 23.5 Å². The van der Waals surface area contributed by atoms with Crippen molar-refractivity contribution < 1.29 is 9.53 Å². The van der Waals surface area contributed by atoms with Crippen LogP contribution in [0, 0.1) is 0 Å². The lowest BCUT2D eigenvalue weighted by atomic mass is 10.0. The molecule has 204 valence electrons. The first kappa shape index (κ1) is 29.3. The first-order valence-corrected chi connectivity index (χ1v) is 14.6. The Labute approximate surface area is 227 Å². The Morgan fingerprint density at radius 2 is 1.89 bits per heavy atom. The second-order valence-corrected chi connectivity index (χ2v) is 11.6. The highest BCUT2D eigenvalue weighted by Crippen LogP contribution is 2.27. The van der Waals surface area contributed by atoms with Crippen molar-refractivity contribution in [3.63, 3.8) is 0 Å². The van der Waals surface area contributed by atoms with Crippen LogP contribution in [0.15, 0.2) is 35.6 Å². The standard InChI is InChI=1S/C28H44N6O2S/c1-28(2,3)36-26(35)14-9-7-8-13-24(23-12-10-11-15-29-23)33(5)21-22-20-25(31-27(30-22)37-6)34-18-16-32(4)17-19-34/h10-12,15,20,24H,7-9,13-14,16-19,21H2,1-6H3. The highest BCUT2D eigenvalue weighted by atomic mass is 32.2. The van der Waals surface area contributed by atoms with Crippen molar-refractivity contribution in [3.05, 3.63) is 41.9 Å². The van der Waals surface area contributed by atoms with Crippen LogP contribution < -0.4 is 4.90 Å². The van der Waals surface area contributed by atoms with E-state index >= 15 is 0 Å². The molecule has 3 heterocycles. The van der Waals surface area contributed by atoms with E-state index < -0.39 is 5.60 Å². The maximum absolute atomic E-state index is 12.0. The van der Waals surface area contributed by atoms with Gasteiger partial charge in [-0.1, -0.05) is 30.7 Å². The normalized spacial score (nSPS) is 15.7. The van der Waals surface area contributed by atoms with E-state index in [1.807, 2.05) is 45.4 Å². The van der Waals surface area contributed by atoms with Gasteiger partial charge in [0, 0.05) is 51.4 Å². The molecule has 0 amide bonds. The summed E-state index contributed by atoms with van der Waals surface area (Å²) < 4.78 is 5.44. The zero-order chi connectivity index (χ0) is 26.8. The molecule has 0 spiro atoms. The van der Waals surface area contributed by atoms with Crippen LogP contribution in [-0.4, -0.2) is 82.9 Å². The predicted octanol–water partition coefficient (Wildman–Crippen LogP) is 4.81. The number of nitrogens with zero attached hydrogens (tertiary/aromatic N) is 6. The molecule has 3 rings (SSSR count). The Morgan fingerprint density at radius 3 is 2.54 bits per heavy atom. The van der Waals surface area contributed by atoms with E-state index in [1.165, 1.54) is 0 Å². The number of hydrogen-bond donors (Lipinski definition) is 0. The second-order valence-electron chi connectivity index (χ2n) is 10.9. The van der Waals surface area contributed by atoms with Crippen LogP contribution in [0.5, 0.6) is 0 Å². The molecule has 0 N–H and O–H groups in total. The van der Waals surface area contributed by atoms with Gasteiger partial charge in [0.2, 0.25) is 0 Å². The average molecular weight is 529 g/mol. The van der Waals surface area contributed by atoms with Gasteiger partial charge in [0.1, 0.15) is 11.4 Å². The van der Waals surface area contributed by atoms with Gasteiger partial charge in [-0.2, -0.15) is 0 Å². The lowest BCUT2D eigenvalue weighted by Crippen LogP contribution is -2.45. The number of hydrogen-bond acceptors (Lipinski definition) is 9. The summed E-state index contributed by atoms with van der Waals surface area (Å²) in [5.74, 6) is 0.905. The number of carbonyl (C=O) groups excluding carboxylic acids is 1. The van der Waals surface area contributed by atoms with E-state index in [0.717, 1.165) is 80.8 Å². The third-order valence-electron chi connectivity index (χ3n) is 6.51. The topological polar surface area (TPSA) is 74.7 Å². The van der Waals surface area contributed by atoms with Crippen LogP contribution in [0.2, 0.25) is 0 Å². The summed E-state index contributed by atoms with van der Waals surface area (Å²) in [5.41, 5.74) is 1.67. The Hall–Kier alpha value is -2.23. The fourth-order valence-corrected chi connectivity index (χ4v) is 4.93. The largest absolute Gasteiger partial charge is 0.460 e. The molecule has 0 aliphatic carbocycles. The number of anilines is 1. The smallest absolute Gasteiger partial charge is 0.306 e. The second kappa shape index (κ2) is 14.1. The molecule has 8 nitrogen and oxygen atoms in total. The molecule has 0 radical (unpaired) electrons. The molecule has 1 fully saturated rings. The SMILES string of the molecule is CSc1nc(CN(C)C(CCCCCC(=O)OC(C)(C)C)c2ccccn2)cc(N2CCN(C)CC2)n1. The lowest BCUT2D eigenvalue weighted by molar-refractivity contribution is -0.154. The number of aromatic nitrogens is 3. The van der Waals surface area contributed by atoms with E-state index in [9.17, 15) is 4.79 Å². The minimum atomic E-state index is -0.425. The summed E-state index contributed by atoms with van der Waals surface area (Å²) in [4.78, 5) is 33.4. The van der Waals surface area contributed by atoms with Crippen LogP contribution >= 0.6 is 11.8 Å². The fraction of sp³-hybridized carbons (Fsp3) is 0.643. The average Bonchev–Trinajstić information content (AvgIpc) is 2.85. The maximum atomic E-state index is 12.0. The van der Waals surface area contributed by atoms with E-state index in [1.54, 1.807) is 11.8 Å². The van der Waals surface area contributed by atoms with Gasteiger partial charge in [0.05, 0.1) is 17.4 Å². The van der Waals surface area contributed by atoms with Crippen molar-refractivity contribution in [2.45, 2.75) is 76.2 Å². The first-order chi connectivity index (χ1) is 17.6. The molecular weight excluding hydrogens is 484 g/mol. The van der Waals surface area contributed by atoms with Crippen LogP contribution in [0.25, 0.3) is 0 Å². The first-order valence-electron chi connectivity index (χ1n) is 13.3. The third-order valence-corrected chi connectivity index (χ3v) is 7.05. The van der Waals surface area contributed by atoms with Crippen molar-refractivity contribution in [1.82, 2.24) is 24.8 Å². The van der Waals surface area contributed by atoms with Crippen LogP contribution in [0.1, 0.15) is 70.3 Å². The summed E-state index contributed by atoms with van der Waals surface area (Å²) in [6.07, 6.45) is 8.16. The third kappa shape index (κ3) is 9.87. The number of pyridine rings is 1. The van der Waals surface area contributed by atoms with Crippen molar-refractivity contribution in [1.29, 1.82) is 0 Å². The molecule has 1 aliphatic rings. The number of carbonyl (C=O) groups is 1. The molecule has 37 heavy (non-hydrogen) atoms. The van der Waals surface area contributed by atoms with E-state index in [4.69, 9.17) is 14.7 Å². The van der Waals surface area contributed by atoms with Crippen LogP contribution in [0.4, 0.5) is 5.82 Å². The molecular formula is C28H44N6O2S.